The Hall–Kier alpha value is -0.630. The molecule has 84 valence electrons. The molecule has 1 aliphatic heterocycles. The molecule has 1 N–H and O–H groups in total. The molecule has 2 rings (SSSR count). The Labute approximate surface area is 92.0 Å². The average Bonchev–Trinajstić information content (AvgIpc) is 2.66. The van der Waals surface area contributed by atoms with E-state index >= 15 is 0 Å². The molecule has 1 aliphatic rings. The average molecular weight is 249 g/mol. The Balaban J connectivity index is 2.30. The second-order valence-corrected chi connectivity index (χ2v) is 6.16. The molecule has 5 nitrogen and oxygen atoms in total. The van der Waals surface area contributed by atoms with Crippen LogP contribution in [-0.4, -0.2) is 44.1 Å². The van der Waals surface area contributed by atoms with E-state index in [2.05, 4.69) is 0 Å². The fourth-order valence-corrected chi connectivity index (χ4v) is 4.06. The molecule has 0 unspecified atom stereocenters. The number of rotatable bonds is 2. The first-order valence-electron chi connectivity index (χ1n) is 4.47. The van der Waals surface area contributed by atoms with Crippen LogP contribution < -0.4 is 0 Å². The second-order valence-electron chi connectivity index (χ2n) is 3.11. The quantitative estimate of drug-likeness (QED) is 0.827. The number of sulfonamides is 1. The van der Waals surface area contributed by atoms with Crippen LogP contribution in [0, 0.1) is 0 Å². The lowest BCUT2D eigenvalue weighted by atomic mass is 10.5. The molecule has 7 heteroatoms. The van der Waals surface area contributed by atoms with Gasteiger partial charge >= 0.3 is 0 Å². The molecular formula is C8H11NO4S2. The summed E-state index contributed by atoms with van der Waals surface area (Å²) in [6.07, 6.45) is 0. The SMILES string of the molecule is O=S(=O)(c1sccc1O)N1CCOCC1. The number of nitrogens with zero attached hydrogens (tertiary/aromatic N) is 1. The molecule has 0 radical (unpaired) electrons. The predicted octanol–water partition coefficient (Wildman–Crippen LogP) is 0.475. The van der Waals surface area contributed by atoms with Crippen LogP contribution >= 0.6 is 11.3 Å². The Morgan fingerprint density at radius 1 is 1.40 bits per heavy atom. The van der Waals surface area contributed by atoms with Crippen LogP contribution in [0.1, 0.15) is 0 Å². The van der Waals surface area contributed by atoms with Crippen molar-refractivity contribution in [1.29, 1.82) is 0 Å². The highest BCUT2D eigenvalue weighted by Crippen LogP contribution is 2.31. The summed E-state index contributed by atoms with van der Waals surface area (Å²) in [5, 5.41) is 10.9. The molecule has 0 aliphatic carbocycles. The molecule has 0 aromatic carbocycles. The fourth-order valence-electron chi connectivity index (χ4n) is 1.39. The van der Waals surface area contributed by atoms with E-state index in [1.54, 1.807) is 5.38 Å². The summed E-state index contributed by atoms with van der Waals surface area (Å²) in [4.78, 5) is 0. The van der Waals surface area contributed by atoms with Crippen molar-refractivity contribution in [2.45, 2.75) is 4.21 Å². The molecule has 1 aromatic rings. The van der Waals surface area contributed by atoms with E-state index in [9.17, 15) is 13.5 Å². The molecule has 0 spiro atoms. The minimum Gasteiger partial charge on any atom is -0.506 e. The lowest BCUT2D eigenvalue weighted by Crippen LogP contribution is -2.40. The summed E-state index contributed by atoms with van der Waals surface area (Å²) in [5.41, 5.74) is 0. The standard InChI is InChI=1S/C8H11NO4S2/c10-7-1-6-14-8(7)15(11,12)9-2-4-13-5-3-9/h1,6,10H,2-5H2. The van der Waals surface area contributed by atoms with E-state index < -0.39 is 10.0 Å². The molecule has 1 fully saturated rings. The van der Waals surface area contributed by atoms with Crippen LogP contribution in [0.25, 0.3) is 0 Å². The first kappa shape index (κ1) is 10.9. The van der Waals surface area contributed by atoms with Gasteiger partial charge in [0.05, 0.1) is 13.2 Å². The van der Waals surface area contributed by atoms with Crippen molar-refractivity contribution in [2.24, 2.45) is 0 Å². The van der Waals surface area contributed by atoms with Gasteiger partial charge in [-0.3, -0.25) is 0 Å². The first-order chi connectivity index (χ1) is 7.12. The van der Waals surface area contributed by atoms with E-state index in [-0.39, 0.29) is 9.96 Å². The Bertz CT molecular complexity index is 433. The molecular weight excluding hydrogens is 238 g/mol. The van der Waals surface area contributed by atoms with Crippen LogP contribution in [0.5, 0.6) is 5.75 Å². The molecule has 1 saturated heterocycles. The van der Waals surface area contributed by atoms with E-state index in [4.69, 9.17) is 4.74 Å². The number of hydrogen-bond acceptors (Lipinski definition) is 5. The van der Waals surface area contributed by atoms with Crippen molar-refractivity contribution >= 4 is 21.4 Å². The fraction of sp³-hybridized carbons (Fsp3) is 0.500. The van der Waals surface area contributed by atoms with Crippen molar-refractivity contribution in [3.05, 3.63) is 11.4 Å². The second kappa shape index (κ2) is 4.09. The molecule has 1 aromatic heterocycles. The van der Waals surface area contributed by atoms with Gasteiger partial charge in [0.1, 0.15) is 5.75 Å². The van der Waals surface area contributed by atoms with Gasteiger partial charge in [0, 0.05) is 13.1 Å². The minimum absolute atomic E-state index is 0.0180. The van der Waals surface area contributed by atoms with Gasteiger partial charge in [0.25, 0.3) is 10.0 Å². The number of ether oxygens (including phenoxy) is 1. The van der Waals surface area contributed by atoms with Gasteiger partial charge in [-0.1, -0.05) is 0 Å². The van der Waals surface area contributed by atoms with Crippen LogP contribution in [-0.2, 0) is 14.8 Å². The maximum atomic E-state index is 12.0. The topological polar surface area (TPSA) is 66.8 Å². The smallest absolute Gasteiger partial charge is 0.256 e. The van der Waals surface area contributed by atoms with Crippen molar-refractivity contribution in [3.63, 3.8) is 0 Å². The summed E-state index contributed by atoms with van der Waals surface area (Å²) >= 11 is 1.03. The molecule has 15 heavy (non-hydrogen) atoms. The number of morpholine rings is 1. The summed E-state index contributed by atoms with van der Waals surface area (Å²) in [7, 11) is -3.53. The van der Waals surface area contributed by atoms with Gasteiger partial charge in [-0.05, 0) is 11.4 Å². The van der Waals surface area contributed by atoms with E-state index in [1.165, 1.54) is 10.4 Å². The normalized spacial score (nSPS) is 19.2. The minimum atomic E-state index is -3.53. The summed E-state index contributed by atoms with van der Waals surface area (Å²) in [6.45, 7) is 1.51. The maximum Gasteiger partial charge on any atom is 0.256 e. The molecule has 0 atom stereocenters. The van der Waals surface area contributed by atoms with Gasteiger partial charge in [0.15, 0.2) is 4.21 Å². The van der Waals surface area contributed by atoms with E-state index in [0.29, 0.717) is 26.3 Å². The van der Waals surface area contributed by atoms with E-state index in [1.807, 2.05) is 0 Å². The van der Waals surface area contributed by atoms with Gasteiger partial charge < -0.3 is 9.84 Å². The largest absolute Gasteiger partial charge is 0.506 e. The Morgan fingerprint density at radius 2 is 2.07 bits per heavy atom. The molecule has 0 bridgehead atoms. The Kier molecular flexibility index (Phi) is 2.96. The van der Waals surface area contributed by atoms with Crippen LogP contribution in [0.3, 0.4) is 0 Å². The van der Waals surface area contributed by atoms with Gasteiger partial charge in [-0.15, -0.1) is 11.3 Å². The maximum absolute atomic E-state index is 12.0. The van der Waals surface area contributed by atoms with Crippen molar-refractivity contribution in [2.75, 3.05) is 26.3 Å². The first-order valence-corrected chi connectivity index (χ1v) is 6.78. The predicted molar refractivity (Wildman–Crippen MR) is 55.6 cm³/mol. The zero-order chi connectivity index (χ0) is 10.9. The highest BCUT2D eigenvalue weighted by Gasteiger charge is 2.29. The van der Waals surface area contributed by atoms with E-state index in [0.717, 1.165) is 11.3 Å². The summed E-state index contributed by atoms with van der Waals surface area (Å²) < 4.78 is 30.4. The van der Waals surface area contributed by atoms with Crippen molar-refractivity contribution in [3.8, 4) is 5.75 Å². The van der Waals surface area contributed by atoms with Crippen molar-refractivity contribution < 1.29 is 18.3 Å². The zero-order valence-corrected chi connectivity index (χ0v) is 9.55. The monoisotopic (exact) mass is 249 g/mol. The number of thiophene rings is 1. The highest BCUT2D eigenvalue weighted by molar-refractivity contribution is 7.91. The van der Waals surface area contributed by atoms with Gasteiger partial charge in [-0.25, -0.2) is 8.42 Å². The number of aromatic hydroxyl groups is 1. The van der Waals surface area contributed by atoms with Gasteiger partial charge in [0.2, 0.25) is 0 Å². The molecule has 2 heterocycles. The van der Waals surface area contributed by atoms with Crippen LogP contribution in [0.2, 0.25) is 0 Å². The lowest BCUT2D eigenvalue weighted by molar-refractivity contribution is 0.0730. The molecule has 0 saturated carbocycles. The van der Waals surface area contributed by atoms with Gasteiger partial charge in [-0.2, -0.15) is 4.31 Å². The van der Waals surface area contributed by atoms with Crippen LogP contribution in [0.15, 0.2) is 15.7 Å². The lowest BCUT2D eigenvalue weighted by Gasteiger charge is -2.25. The third-order valence-electron chi connectivity index (χ3n) is 2.15. The van der Waals surface area contributed by atoms with Crippen LogP contribution in [0.4, 0.5) is 0 Å². The zero-order valence-electron chi connectivity index (χ0n) is 7.92. The third-order valence-corrected chi connectivity index (χ3v) is 5.49. The summed E-state index contributed by atoms with van der Waals surface area (Å²) in [6, 6.07) is 1.39. The third kappa shape index (κ3) is 2.00. The summed E-state index contributed by atoms with van der Waals surface area (Å²) in [5.74, 6) is -0.175. The number of hydrogen-bond donors (Lipinski definition) is 1. The van der Waals surface area contributed by atoms with Crippen molar-refractivity contribution in [1.82, 2.24) is 4.31 Å². The highest BCUT2D eigenvalue weighted by atomic mass is 32.2. The molecule has 0 amide bonds. The Morgan fingerprint density at radius 3 is 2.60 bits per heavy atom.